The Labute approximate surface area is 170 Å². The first-order valence-corrected chi connectivity index (χ1v) is 9.35. The second-order valence-corrected chi connectivity index (χ2v) is 6.87. The van der Waals surface area contributed by atoms with Gasteiger partial charge in [0.05, 0.1) is 17.1 Å². The van der Waals surface area contributed by atoms with Crippen molar-refractivity contribution in [3.63, 3.8) is 0 Å². The average Bonchev–Trinajstić information content (AvgIpc) is 3.12. The molecule has 0 unspecified atom stereocenters. The van der Waals surface area contributed by atoms with Crippen LogP contribution in [-0.2, 0) is 0 Å². The Hall–Kier alpha value is -3.74. The maximum atomic E-state index is 13.4. The van der Waals surface area contributed by atoms with Gasteiger partial charge in [-0.3, -0.25) is 4.57 Å². The topological polar surface area (TPSA) is 39.1 Å². The summed E-state index contributed by atoms with van der Waals surface area (Å²) in [5, 5.41) is 3.28. The smallest absolute Gasteiger partial charge is 0.387 e. The zero-order valence-electron chi connectivity index (χ0n) is 15.6. The number of hydrogen-bond acceptors (Lipinski definition) is 3. The van der Waals surface area contributed by atoms with Crippen molar-refractivity contribution in [2.24, 2.45) is 0 Å². The molecule has 1 atom stereocenters. The molecule has 0 saturated carbocycles. The molecule has 0 fully saturated rings. The molecule has 150 valence electrons. The lowest BCUT2D eigenvalue weighted by Gasteiger charge is -2.27. The summed E-state index contributed by atoms with van der Waals surface area (Å²) in [6.07, 6.45) is 1.90. The number of halogens is 3. The molecule has 3 aromatic carbocycles. The van der Waals surface area contributed by atoms with Gasteiger partial charge in [-0.05, 0) is 54.1 Å². The highest BCUT2D eigenvalue weighted by molar-refractivity contribution is 5.85. The van der Waals surface area contributed by atoms with E-state index < -0.39 is 12.7 Å². The Balaban J connectivity index is 1.71. The maximum absolute atomic E-state index is 13.4. The van der Waals surface area contributed by atoms with E-state index in [1.165, 1.54) is 18.2 Å². The highest BCUT2D eigenvalue weighted by Crippen LogP contribution is 2.40. The van der Waals surface area contributed by atoms with Gasteiger partial charge >= 0.3 is 6.61 Å². The number of aromatic nitrogens is 2. The fourth-order valence-electron chi connectivity index (χ4n) is 3.76. The molecule has 0 bridgehead atoms. The lowest BCUT2D eigenvalue weighted by Crippen LogP contribution is -2.20. The Morgan fingerprint density at radius 2 is 1.67 bits per heavy atom. The lowest BCUT2D eigenvalue weighted by atomic mass is 10.00. The maximum Gasteiger partial charge on any atom is 0.387 e. The van der Waals surface area contributed by atoms with Crippen molar-refractivity contribution >= 4 is 22.7 Å². The van der Waals surface area contributed by atoms with Crippen LogP contribution in [0.1, 0.15) is 17.2 Å². The minimum absolute atomic E-state index is 0.0952. The largest absolute Gasteiger partial charge is 0.434 e. The number of anilines is 1. The number of fused-ring (bicyclic) bond motifs is 3. The van der Waals surface area contributed by atoms with Crippen LogP contribution in [0.15, 0.2) is 78.9 Å². The Morgan fingerprint density at radius 3 is 2.47 bits per heavy atom. The van der Waals surface area contributed by atoms with E-state index in [2.05, 4.69) is 10.3 Å². The molecule has 5 rings (SSSR count). The number of rotatable bonds is 4. The Morgan fingerprint density at radius 1 is 0.933 bits per heavy atom. The van der Waals surface area contributed by atoms with Crippen LogP contribution in [-0.4, -0.2) is 16.2 Å². The third-order valence-corrected chi connectivity index (χ3v) is 5.05. The molecule has 0 amide bonds. The summed E-state index contributed by atoms with van der Waals surface area (Å²) in [6.45, 7) is -2.94. The summed E-state index contributed by atoms with van der Waals surface area (Å²) in [5.41, 5.74) is 3.65. The summed E-state index contributed by atoms with van der Waals surface area (Å²) in [5.74, 6) is 0.322. The van der Waals surface area contributed by atoms with Gasteiger partial charge in [0, 0.05) is 11.3 Å². The number of benzene rings is 3. The molecule has 4 aromatic rings. The summed E-state index contributed by atoms with van der Waals surface area (Å²) in [4.78, 5) is 4.66. The summed E-state index contributed by atoms with van der Waals surface area (Å²) in [7, 11) is 0. The zero-order chi connectivity index (χ0) is 20.7. The van der Waals surface area contributed by atoms with Gasteiger partial charge in [0.1, 0.15) is 11.6 Å². The zero-order valence-corrected chi connectivity index (χ0v) is 15.6. The predicted octanol–water partition coefficient (Wildman–Crippen LogP) is 5.83. The van der Waals surface area contributed by atoms with Gasteiger partial charge in [-0.25, -0.2) is 9.37 Å². The second-order valence-electron chi connectivity index (χ2n) is 6.87. The number of ether oxygens (including phenoxy) is 1. The van der Waals surface area contributed by atoms with Gasteiger partial charge in [0.15, 0.2) is 0 Å². The first kappa shape index (κ1) is 18.3. The number of imidazole rings is 1. The van der Waals surface area contributed by atoms with Crippen LogP contribution >= 0.6 is 0 Å². The first-order valence-electron chi connectivity index (χ1n) is 9.35. The van der Waals surface area contributed by atoms with E-state index in [4.69, 9.17) is 4.74 Å². The molecule has 0 aliphatic carbocycles. The number of hydrogen-bond donors (Lipinski definition) is 1. The first-order chi connectivity index (χ1) is 14.6. The number of nitrogens with zero attached hydrogens (tertiary/aromatic N) is 2. The summed E-state index contributed by atoms with van der Waals surface area (Å²) in [6, 6.07) is 19.9. The van der Waals surface area contributed by atoms with Crippen molar-refractivity contribution in [2.75, 3.05) is 5.32 Å². The molecule has 0 spiro atoms. The molecule has 1 aromatic heterocycles. The van der Waals surface area contributed by atoms with Gasteiger partial charge in [-0.15, -0.1) is 0 Å². The Kier molecular flexibility index (Phi) is 4.43. The molecular weight excluding hydrogens is 391 g/mol. The standard InChI is InChI=1S/C23H16F3N3O/c24-15-11-9-14(10-12-15)18-13-20(16-5-1-4-8-21(16)30-22(25)26)29-19-7-3-2-6-17(19)27-23(29)28-18/h1-13,20,22H,(H,27,28)/t20-/m0/s1. The van der Waals surface area contributed by atoms with E-state index in [1.807, 2.05) is 34.9 Å². The Bertz CT molecular complexity index is 1250. The predicted molar refractivity (Wildman–Crippen MR) is 109 cm³/mol. The van der Waals surface area contributed by atoms with Crippen molar-refractivity contribution in [3.8, 4) is 5.75 Å². The van der Waals surface area contributed by atoms with E-state index in [0.29, 0.717) is 17.2 Å². The normalized spacial score (nSPS) is 15.6. The van der Waals surface area contributed by atoms with Crippen molar-refractivity contribution in [2.45, 2.75) is 12.7 Å². The molecule has 2 heterocycles. The van der Waals surface area contributed by atoms with E-state index >= 15 is 0 Å². The van der Waals surface area contributed by atoms with Gasteiger partial charge in [-0.1, -0.05) is 30.3 Å². The minimum Gasteiger partial charge on any atom is -0.434 e. The van der Waals surface area contributed by atoms with Crippen LogP contribution in [0, 0.1) is 5.82 Å². The third kappa shape index (κ3) is 3.18. The molecule has 0 saturated heterocycles. The second kappa shape index (κ2) is 7.26. The number of allylic oxidation sites excluding steroid dienone is 1. The molecule has 1 aliphatic rings. The molecular formula is C23H16F3N3O. The van der Waals surface area contributed by atoms with E-state index in [0.717, 1.165) is 16.6 Å². The minimum atomic E-state index is -2.94. The number of nitrogens with one attached hydrogen (secondary N) is 1. The van der Waals surface area contributed by atoms with Crippen LogP contribution in [0.5, 0.6) is 5.75 Å². The molecule has 4 nitrogen and oxygen atoms in total. The van der Waals surface area contributed by atoms with E-state index in [9.17, 15) is 13.2 Å². The van der Waals surface area contributed by atoms with Crippen molar-refractivity contribution < 1.29 is 17.9 Å². The molecule has 7 heteroatoms. The van der Waals surface area contributed by atoms with Gasteiger partial charge < -0.3 is 10.1 Å². The number of para-hydroxylation sites is 3. The highest BCUT2D eigenvalue weighted by Gasteiger charge is 2.27. The van der Waals surface area contributed by atoms with Crippen molar-refractivity contribution in [1.82, 2.24) is 9.55 Å². The van der Waals surface area contributed by atoms with Crippen LogP contribution < -0.4 is 10.1 Å². The molecule has 0 radical (unpaired) electrons. The van der Waals surface area contributed by atoms with E-state index in [-0.39, 0.29) is 11.6 Å². The van der Waals surface area contributed by atoms with Crippen LogP contribution in [0.2, 0.25) is 0 Å². The van der Waals surface area contributed by atoms with Gasteiger partial charge in [0.2, 0.25) is 5.95 Å². The highest BCUT2D eigenvalue weighted by atomic mass is 19.3. The summed E-state index contributed by atoms with van der Waals surface area (Å²) < 4.78 is 46.2. The van der Waals surface area contributed by atoms with Crippen molar-refractivity contribution in [1.29, 1.82) is 0 Å². The fourth-order valence-corrected chi connectivity index (χ4v) is 3.76. The van der Waals surface area contributed by atoms with Gasteiger partial charge in [-0.2, -0.15) is 8.78 Å². The quantitative estimate of drug-likeness (QED) is 0.462. The fraction of sp³-hybridized carbons (Fsp3) is 0.0870. The van der Waals surface area contributed by atoms with Crippen LogP contribution in [0.4, 0.5) is 19.1 Å². The van der Waals surface area contributed by atoms with Crippen LogP contribution in [0.3, 0.4) is 0 Å². The van der Waals surface area contributed by atoms with E-state index in [1.54, 1.807) is 30.3 Å². The molecule has 1 N–H and O–H groups in total. The monoisotopic (exact) mass is 407 g/mol. The van der Waals surface area contributed by atoms with Gasteiger partial charge in [0.25, 0.3) is 0 Å². The SMILES string of the molecule is Fc1ccc(C2=C[C@@H](c3ccccc3OC(F)F)n3c(nc4ccccc43)N2)cc1. The summed E-state index contributed by atoms with van der Waals surface area (Å²) >= 11 is 0. The molecule has 1 aliphatic heterocycles. The lowest BCUT2D eigenvalue weighted by molar-refractivity contribution is -0.0505. The third-order valence-electron chi connectivity index (χ3n) is 5.05. The molecule has 30 heavy (non-hydrogen) atoms. The number of alkyl halides is 2. The van der Waals surface area contributed by atoms with Crippen LogP contribution in [0.25, 0.3) is 16.7 Å². The van der Waals surface area contributed by atoms with Crippen molar-refractivity contribution in [3.05, 3.63) is 95.8 Å². The average molecular weight is 407 g/mol.